The van der Waals surface area contributed by atoms with Gasteiger partial charge in [-0.3, -0.25) is 10.1 Å². The van der Waals surface area contributed by atoms with E-state index in [9.17, 15) is 4.79 Å². The highest BCUT2D eigenvalue weighted by molar-refractivity contribution is 5.92. The first-order chi connectivity index (χ1) is 9.70. The molecule has 0 bridgehead atoms. The molecule has 1 saturated carbocycles. The Bertz CT molecular complexity index is 514. The summed E-state index contributed by atoms with van der Waals surface area (Å²) in [5, 5.41) is 3.48. The molecule has 108 valence electrons. The van der Waals surface area contributed by atoms with Crippen molar-refractivity contribution in [1.82, 2.24) is 10.2 Å². The third-order valence-corrected chi connectivity index (χ3v) is 4.09. The van der Waals surface area contributed by atoms with Crippen molar-refractivity contribution in [1.29, 1.82) is 0 Å². The number of nitrogens with zero attached hydrogens (tertiary/aromatic N) is 1. The molecule has 1 amide bonds. The first kappa shape index (κ1) is 13.4. The Morgan fingerprint density at radius 1 is 1.40 bits per heavy atom. The van der Waals surface area contributed by atoms with Gasteiger partial charge < -0.3 is 14.4 Å². The van der Waals surface area contributed by atoms with Crippen molar-refractivity contribution < 1.29 is 14.3 Å². The number of amides is 1. The van der Waals surface area contributed by atoms with Crippen molar-refractivity contribution in [2.24, 2.45) is 0 Å². The molecule has 0 aromatic heterocycles. The number of rotatable bonds is 5. The van der Waals surface area contributed by atoms with Crippen LogP contribution in [0.15, 0.2) is 24.3 Å². The minimum absolute atomic E-state index is 0.0877. The third-order valence-electron chi connectivity index (χ3n) is 4.09. The molecular weight excluding hydrogens is 256 g/mol. The van der Waals surface area contributed by atoms with E-state index in [-0.39, 0.29) is 17.6 Å². The second-order valence-corrected chi connectivity index (χ2v) is 5.40. The minimum Gasteiger partial charge on any atom is -0.497 e. The summed E-state index contributed by atoms with van der Waals surface area (Å²) in [4.78, 5) is 14.4. The van der Waals surface area contributed by atoms with Crippen LogP contribution in [0.4, 0.5) is 0 Å². The number of carbonyl (C=O) groups is 1. The molecule has 1 atom stereocenters. The van der Waals surface area contributed by atoms with Crippen molar-refractivity contribution in [3.8, 4) is 5.75 Å². The second-order valence-electron chi connectivity index (χ2n) is 5.40. The summed E-state index contributed by atoms with van der Waals surface area (Å²) in [5.74, 6) is 1.00. The summed E-state index contributed by atoms with van der Waals surface area (Å²) in [5.41, 5.74) is 0.735. The SMILES string of the molecule is COCCN1C(=O)C2(CC2)NC1c1cccc(OC)c1. The van der Waals surface area contributed by atoms with Gasteiger partial charge >= 0.3 is 0 Å². The quantitative estimate of drug-likeness (QED) is 0.881. The number of carbonyl (C=O) groups excluding carboxylic acids is 1. The fourth-order valence-electron chi connectivity index (χ4n) is 2.77. The maximum absolute atomic E-state index is 12.5. The molecule has 3 rings (SSSR count). The van der Waals surface area contributed by atoms with Crippen LogP contribution >= 0.6 is 0 Å². The van der Waals surface area contributed by atoms with Crippen LogP contribution in [0.25, 0.3) is 0 Å². The Labute approximate surface area is 118 Å². The lowest BCUT2D eigenvalue weighted by atomic mass is 10.1. The number of hydrogen-bond acceptors (Lipinski definition) is 4. The van der Waals surface area contributed by atoms with E-state index in [0.29, 0.717) is 13.2 Å². The van der Waals surface area contributed by atoms with E-state index >= 15 is 0 Å². The number of ether oxygens (including phenoxy) is 2. The van der Waals surface area contributed by atoms with Gasteiger partial charge in [0.1, 0.15) is 17.5 Å². The molecular formula is C15H20N2O3. The Morgan fingerprint density at radius 3 is 2.85 bits per heavy atom. The maximum atomic E-state index is 12.5. The molecule has 1 aliphatic carbocycles. The minimum atomic E-state index is -0.318. The van der Waals surface area contributed by atoms with Gasteiger partial charge in [0.15, 0.2) is 0 Å². The van der Waals surface area contributed by atoms with Crippen molar-refractivity contribution in [2.45, 2.75) is 24.5 Å². The lowest BCUT2D eigenvalue weighted by Crippen LogP contribution is -2.34. The van der Waals surface area contributed by atoms with Crippen LogP contribution < -0.4 is 10.1 Å². The summed E-state index contributed by atoms with van der Waals surface area (Å²) >= 11 is 0. The summed E-state index contributed by atoms with van der Waals surface area (Å²) in [6.45, 7) is 1.15. The van der Waals surface area contributed by atoms with Crippen molar-refractivity contribution in [3.63, 3.8) is 0 Å². The largest absolute Gasteiger partial charge is 0.497 e. The molecule has 1 spiro atoms. The average molecular weight is 276 g/mol. The number of nitrogens with one attached hydrogen (secondary N) is 1. The molecule has 5 heteroatoms. The predicted octanol–water partition coefficient (Wildman–Crippen LogP) is 1.30. The van der Waals surface area contributed by atoms with E-state index in [1.54, 1.807) is 14.2 Å². The molecule has 20 heavy (non-hydrogen) atoms. The van der Waals surface area contributed by atoms with Gasteiger partial charge in [-0.05, 0) is 30.5 Å². The molecule has 1 aromatic carbocycles. The lowest BCUT2D eigenvalue weighted by molar-refractivity contribution is -0.131. The third kappa shape index (κ3) is 2.17. The first-order valence-electron chi connectivity index (χ1n) is 6.92. The fourth-order valence-corrected chi connectivity index (χ4v) is 2.77. The highest BCUT2D eigenvalue weighted by Gasteiger charge is 2.59. The van der Waals surface area contributed by atoms with Gasteiger partial charge in [-0.25, -0.2) is 0 Å². The predicted molar refractivity (Wildman–Crippen MR) is 74.4 cm³/mol. The summed E-state index contributed by atoms with van der Waals surface area (Å²) in [7, 11) is 3.30. The number of benzene rings is 1. The zero-order valence-corrected chi connectivity index (χ0v) is 11.9. The van der Waals surface area contributed by atoms with Crippen molar-refractivity contribution >= 4 is 5.91 Å². The number of methoxy groups -OCH3 is 2. The van der Waals surface area contributed by atoms with E-state index < -0.39 is 0 Å². The molecule has 2 aliphatic rings. The summed E-state index contributed by atoms with van der Waals surface area (Å²) in [6.07, 6.45) is 1.77. The van der Waals surface area contributed by atoms with Crippen LogP contribution in [0.2, 0.25) is 0 Å². The van der Waals surface area contributed by atoms with E-state index in [2.05, 4.69) is 5.32 Å². The van der Waals surface area contributed by atoms with Gasteiger partial charge in [0, 0.05) is 13.7 Å². The van der Waals surface area contributed by atoms with Crippen molar-refractivity contribution in [3.05, 3.63) is 29.8 Å². The summed E-state index contributed by atoms with van der Waals surface area (Å²) in [6, 6.07) is 7.86. The van der Waals surface area contributed by atoms with Gasteiger partial charge in [0.25, 0.3) is 0 Å². The highest BCUT2D eigenvalue weighted by Crippen LogP contribution is 2.46. The van der Waals surface area contributed by atoms with E-state index in [4.69, 9.17) is 9.47 Å². The normalized spacial score (nSPS) is 23.4. The molecule has 1 unspecified atom stereocenters. The molecule has 1 aromatic rings. The Morgan fingerprint density at radius 2 is 2.20 bits per heavy atom. The molecule has 2 fully saturated rings. The Kier molecular flexibility index (Phi) is 3.40. The molecule has 5 nitrogen and oxygen atoms in total. The topological polar surface area (TPSA) is 50.8 Å². The van der Waals surface area contributed by atoms with Crippen LogP contribution in [0.1, 0.15) is 24.6 Å². The van der Waals surface area contributed by atoms with Crippen LogP contribution in [-0.4, -0.2) is 43.7 Å². The van der Waals surface area contributed by atoms with Gasteiger partial charge in [-0.15, -0.1) is 0 Å². The smallest absolute Gasteiger partial charge is 0.244 e. The van der Waals surface area contributed by atoms with Crippen molar-refractivity contribution in [2.75, 3.05) is 27.4 Å². The monoisotopic (exact) mass is 276 g/mol. The Hall–Kier alpha value is -1.59. The highest BCUT2D eigenvalue weighted by atomic mass is 16.5. The lowest BCUT2D eigenvalue weighted by Gasteiger charge is -2.24. The zero-order valence-electron chi connectivity index (χ0n) is 11.9. The molecule has 0 radical (unpaired) electrons. The van der Waals surface area contributed by atoms with Crippen LogP contribution in [0, 0.1) is 0 Å². The number of hydrogen-bond donors (Lipinski definition) is 1. The second kappa shape index (κ2) is 5.07. The van der Waals surface area contributed by atoms with E-state index in [0.717, 1.165) is 24.2 Å². The average Bonchev–Trinajstić information content (AvgIpc) is 3.21. The summed E-state index contributed by atoms with van der Waals surface area (Å²) < 4.78 is 10.4. The molecule has 1 saturated heterocycles. The van der Waals surface area contributed by atoms with E-state index in [1.165, 1.54) is 0 Å². The standard InChI is InChI=1S/C15H20N2O3/c1-19-9-8-17-13(16-15(6-7-15)14(17)18)11-4-3-5-12(10-11)20-2/h3-5,10,13,16H,6-9H2,1-2H3. The van der Waals surface area contributed by atoms with Gasteiger partial charge in [-0.1, -0.05) is 12.1 Å². The first-order valence-corrected chi connectivity index (χ1v) is 6.92. The van der Waals surface area contributed by atoms with Gasteiger partial charge in [0.2, 0.25) is 5.91 Å². The van der Waals surface area contributed by atoms with Crippen LogP contribution in [0.3, 0.4) is 0 Å². The Balaban J connectivity index is 1.87. The molecule has 1 N–H and O–H groups in total. The van der Waals surface area contributed by atoms with Crippen LogP contribution in [0.5, 0.6) is 5.75 Å². The zero-order chi connectivity index (χ0) is 14.2. The van der Waals surface area contributed by atoms with E-state index in [1.807, 2.05) is 29.2 Å². The van der Waals surface area contributed by atoms with Crippen LogP contribution in [-0.2, 0) is 9.53 Å². The van der Waals surface area contributed by atoms with Gasteiger partial charge in [0.05, 0.1) is 13.7 Å². The molecule has 1 heterocycles. The van der Waals surface area contributed by atoms with Gasteiger partial charge in [-0.2, -0.15) is 0 Å². The molecule has 1 aliphatic heterocycles. The fraction of sp³-hybridized carbons (Fsp3) is 0.533. The maximum Gasteiger partial charge on any atom is 0.244 e.